The van der Waals surface area contributed by atoms with Crippen molar-refractivity contribution in [3.8, 4) is 17.2 Å². The van der Waals surface area contributed by atoms with Crippen molar-refractivity contribution in [2.24, 2.45) is 0 Å². The molecule has 6 nitrogen and oxygen atoms in total. The Hall–Kier alpha value is -2.73. The zero-order chi connectivity index (χ0) is 20.9. The molecule has 160 valence electrons. The Morgan fingerprint density at radius 2 is 1.70 bits per heavy atom. The second kappa shape index (κ2) is 9.39. The average Bonchev–Trinajstić information content (AvgIpc) is 3.24. The van der Waals surface area contributed by atoms with Gasteiger partial charge in [0.25, 0.3) is 5.91 Å². The smallest absolute Gasteiger partial charge is 0.257 e. The lowest BCUT2D eigenvalue weighted by Crippen LogP contribution is -2.39. The van der Waals surface area contributed by atoms with E-state index in [0.29, 0.717) is 6.54 Å². The number of carbonyl (C=O) groups excluding carboxylic acids is 1. The Balaban J connectivity index is 1.21. The van der Waals surface area contributed by atoms with E-state index in [1.54, 1.807) is 14.2 Å². The summed E-state index contributed by atoms with van der Waals surface area (Å²) in [6.45, 7) is 3.27. The molecule has 1 aliphatic heterocycles. The zero-order valence-electron chi connectivity index (χ0n) is 17.8. The van der Waals surface area contributed by atoms with E-state index in [2.05, 4.69) is 34.5 Å². The fraction of sp³-hybridized carbons (Fsp3) is 0.458. The molecule has 2 aromatic carbocycles. The lowest BCUT2D eigenvalue weighted by molar-refractivity contribution is -0.123. The van der Waals surface area contributed by atoms with Gasteiger partial charge in [0.15, 0.2) is 18.1 Å². The Kier molecular flexibility index (Phi) is 6.43. The number of rotatable bonds is 8. The number of amides is 1. The molecule has 0 fully saturated rings. The van der Waals surface area contributed by atoms with E-state index in [1.807, 2.05) is 6.07 Å². The summed E-state index contributed by atoms with van der Waals surface area (Å²) >= 11 is 0. The van der Waals surface area contributed by atoms with Crippen LogP contribution < -0.4 is 19.5 Å². The highest BCUT2D eigenvalue weighted by Crippen LogP contribution is 2.33. The first-order valence-corrected chi connectivity index (χ1v) is 10.6. The van der Waals surface area contributed by atoms with E-state index < -0.39 is 0 Å². The second-order valence-corrected chi connectivity index (χ2v) is 7.92. The number of aryl methyl sites for hydroxylation is 2. The largest absolute Gasteiger partial charge is 0.493 e. The number of nitrogens with one attached hydrogen (secondary N) is 1. The summed E-state index contributed by atoms with van der Waals surface area (Å²) in [6, 6.07) is 10.3. The molecule has 0 radical (unpaired) electrons. The van der Waals surface area contributed by atoms with Gasteiger partial charge >= 0.3 is 0 Å². The minimum absolute atomic E-state index is 0.0542. The Labute approximate surface area is 178 Å². The predicted octanol–water partition coefficient (Wildman–Crippen LogP) is 2.75. The van der Waals surface area contributed by atoms with Crippen LogP contribution in [0.5, 0.6) is 17.2 Å². The molecule has 6 heteroatoms. The maximum atomic E-state index is 12.2. The molecule has 1 heterocycles. The third-order valence-corrected chi connectivity index (χ3v) is 5.99. The fourth-order valence-corrected chi connectivity index (χ4v) is 4.32. The Morgan fingerprint density at radius 3 is 2.50 bits per heavy atom. The molecule has 30 heavy (non-hydrogen) atoms. The van der Waals surface area contributed by atoms with Gasteiger partial charge in [0.05, 0.1) is 14.2 Å². The van der Waals surface area contributed by atoms with Crippen LogP contribution in [0.4, 0.5) is 0 Å². The van der Waals surface area contributed by atoms with Gasteiger partial charge in [-0.3, -0.25) is 9.69 Å². The first-order valence-electron chi connectivity index (χ1n) is 10.6. The number of hydrogen-bond acceptors (Lipinski definition) is 5. The molecule has 0 saturated heterocycles. The summed E-state index contributed by atoms with van der Waals surface area (Å²) < 4.78 is 16.5. The van der Waals surface area contributed by atoms with Gasteiger partial charge in [0.2, 0.25) is 0 Å². The van der Waals surface area contributed by atoms with Crippen molar-refractivity contribution in [1.82, 2.24) is 10.2 Å². The van der Waals surface area contributed by atoms with Crippen LogP contribution in [0.15, 0.2) is 30.3 Å². The third-order valence-electron chi connectivity index (χ3n) is 5.99. The van der Waals surface area contributed by atoms with E-state index in [0.717, 1.165) is 56.1 Å². The number of fused-ring (bicyclic) bond motifs is 2. The second-order valence-electron chi connectivity index (χ2n) is 7.92. The minimum atomic E-state index is -0.0840. The van der Waals surface area contributed by atoms with Crippen molar-refractivity contribution >= 4 is 5.91 Å². The monoisotopic (exact) mass is 410 g/mol. The van der Waals surface area contributed by atoms with E-state index in [4.69, 9.17) is 14.2 Å². The molecule has 2 aromatic rings. The predicted molar refractivity (Wildman–Crippen MR) is 115 cm³/mol. The van der Waals surface area contributed by atoms with Gasteiger partial charge in [-0.05, 0) is 72.2 Å². The first kappa shape index (κ1) is 20.5. The molecule has 4 rings (SSSR count). The van der Waals surface area contributed by atoms with Crippen molar-refractivity contribution in [3.63, 3.8) is 0 Å². The van der Waals surface area contributed by atoms with Crippen molar-refractivity contribution in [3.05, 3.63) is 52.6 Å². The van der Waals surface area contributed by atoms with E-state index in [-0.39, 0.29) is 12.5 Å². The molecule has 0 unspecified atom stereocenters. The van der Waals surface area contributed by atoms with Gasteiger partial charge in [-0.15, -0.1) is 0 Å². The highest BCUT2D eigenvalue weighted by atomic mass is 16.5. The van der Waals surface area contributed by atoms with Crippen LogP contribution in [0.2, 0.25) is 0 Å². The molecule has 2 aliphatic rings. The first-order chi connectivity index (χ1) is 14.7. The van der Waals surface area contributed by atoms with Crippen LogP contribution in [0.3, 0.4) is 0 Å². The number of carbonyl (C=O) groups is 1. The highest BCUT2D eigenvalue weighted by molar-refractivity contribution is 5.77. The zero-order valence-corrected chi connectivity index (χ0v) is 17.8. The van der Waals surface area contributed by atoms with Crippen LogP contribution >= 0.6 is 0 Å². The van der Waals surface area contributed by atoms with Gasteiger partial charge in [-0.2, -0.15) is 0 Å². The van der Waals surface area contributed by atoms with Gasteiger partial charge in [-0.25, -0.2) is 0 Å². The molecular weight excluding hydrogens is 380 g/mol. The van der Waals surface area contributed by atoms with Gasteiger partial charge < -0.3 is 19.5 Å². The van der Waals surface area contributed by atoms with Gasteiger partial charge in [-0.1, -0.05) is 6.07 Å². The third kappa shape index (κ3) is 4.70. The van der Waals surface area contributed by atoms with Gasteiger partial charge in [0, 0.05) is 26.2 Å². The lowest BCUT2D eigenvalue weighted by Gasteiger charge is -2.29. The standard InChI is InChI=1S/C24H30N2O4/c1-28-22-13-19-8-10-26(15-20(19)14-23(22)29-2)11-9-25-24(27)16-30-21-7-6-17-4-3-5-18(17)12-21/h6-7,12-14H,3-5,8-11,15-16H2,1-2H3,(H,25,27). The summed E-state index contributed by atoms with van der Waals surface area (Å²) in [6.07, 6.45) is 4.43. The Bertz CT molecular complexity index is 912. The van der Waals surface area contributed by atoms with Crippen LogP contribution in [0.25, 0.3) is 0 Å². The summed E-state index contributed by atoms with van der Waals surface area (Å²) in [5, 5.41) is 2.97. The number of nitrogens with zero attached hydrogens (tertiary/aromatic N) is 1. The molecule has 0 aromatic heterocycles. The molecule has 0 saturated carbocycles. The van der Waals surface area contributed by atoms with Crippen molar-refractivity contribution in [2.75, 3.05) is 40.5 Å². The maximum absolute atomic E-state index is 12.2. The minimum Gasteiger partial charge on any atom is -0.493 e. The van der Waals surface area contributed by atoms with Crippen LogP contribution in [-0.2, 0) is 30.6 Å². The van der Waals surface area contributed by atoms with Crippen LogP contribution in [-0.4, -0.2) is 51.3 Å². The SMILES string of the molecule is COc1cc2c(cc1OC)CN(CCNC(=O)COc1ccc3c(c1)CCC3)CC2. The average molecular weight is 411 g/mol. The van der Waals surface area contributed by atoms with Gasteiger partial charge in [0.1, 0.15) is 5.75 Å². The van der Waals surface area contributed by atoms with Crippen molar-refractivity contribution < 1.29 is 19.0 Å². The Morgan fingerprint density at radius 1 is 0.967 bits per heavy atom. The molecule has 0 bridgehead atoms. The topological polar surface area (TPSA) is 60.0 Å². The lowest BCUT2D eigenvalue weighted by atomic mass is 9.99. The molecular formula is C24H30N2O4. The molecule has 1 N–H and O–H groups in total. The molecule has 1 amide bonds. The van der Waals surface area contributed by atoms with E-state index in [1.165, 1.54) is 28.7 Å². The fourth-order valence-electron chi connectivity index (χ4n) is 4.32. The van der Waals surface area contributed by atoms with Crippen molar-refractivity contribution in [1.29, 1.82) is 0 Å². The quantitative estimate of drug-likeness (QED) is 0.725. The summed E-state index contributed by atoms with van der Waals surface area (Å²) in [5.74, 6) is 2.23. The molecule has 0 spiro atoms. The summed E-state index contributed by atoms with van der Waals surface area (Å²) in [7, 11) is 3.32. The van der Waals surface area contributed by atoms with Crippen LogP contribution in [0.1, 0.15) is 28.7 Å². The highest BCUT2D eigenvalue weighted by Gasteiger charge is 2.19. The number of methoxy groups -OCH3 is 2. The summed E-state index contributed by atoms with van der Waals surface area (Å²) in [4.78, 5) is 14.5. The summed E-state index contributed by atoms with van der Waals surface area (Å²) in [5.41, 5.74) is 5.32. The number of benzene rings is 2. The number of hydrogen-bond donors (Lipinski definition) is 1. The molecule has 1 aliphatic carbocycles. The number of ether oxygens (including phenoxy) is 3. The van der Waals surface area contributed by atoms with E-state index >= 15 is 0 Å². The normalized spacial score (nSPS) is 15.3. The van der Waals surface area contributed by atoms with Crippen LogP contribution in [0, 0.1) is 0 Å². The molecule has 0 atom stereocenters. The van der Waals surface area contributed by atoms with E-state index in [9.17, 15) is 4.79 Å². The maximum Gasteiger partial charge on any atom is 0.257 e. The van der Waals surface area contributed by atoms with Crippen molar-refractivity contribution in [2.45, 2.75) is 32.2 Å².